The minimum atomic E-state index is -0.839. The van der Waals surface area contributed by atoms with Crippen molar-refractivity contribution in [1.29, 1.82) is 0 Å². The molecule has 0 saturated carbocycles. The summed E-state index contributed by atoms with van der Waals surface area (Å²) in [7, 11) is 0. The molecule has 0 amide bonds. The molecule has 2 aromatic rings. The summed E-state index contributed by atoms with van der Waals surface area (Å²) in [4.78, 5) is 19.3. The zero-order chi connectivity index (χ0) is 13.8. The van der Waals surface area contributed by atoms with Gasteiger partial charge in [-0.3, -0.25) is 4.79 Å². The van der Waals surface area contributed by atoms with E-state index < -0.39 is 5.97 Å². The lowest BCUT2D eigenvalue weighted by Gasteiger charge is -2.06. The van der Waals surface area contributed by atoms with Crippen molar-refractivity contribution < 1.29 is 9.90 Å². The molecule has 0 atom stereocenters. The van der Waals surface area contributed by atoms with Crippen LogP contribution < -0.4 is 0 Å². The fourth-order valence-electron chi connectivity index (χ4n) is 1.76. The second kappa shape index (κ2) is 5.93. The van der Waals surface area contributed by atoms with Crippen LogP contribution in [-0.4, -0.2) is 21.0 Å². The molecule has 19 heavy (non-hydrogen) atoms. The maximum absolute atomic E-state index is 10.6. The van der Waals surface area contributed by atoms with E-state index in [1.165, 1.54) is 0 Å². The molecule has 1 aromatic carbocycles. The van der Waals surface area contributed by atoms with Gasteiger partial charge in [0.05, 0.1) is 12.1 Å². The van der Waals surface area contributed by atoms with Gasteiger partial charge in [-0.2, -0.15) is 0 Å². The van der Waals surface area contributed by atoms with Gasteiger partial charge in [-0.15, -0.1) is 0 Å². The normalized spacial score (nSPS) is 10.4. The first-order valence-electron chi connectivity index (χ1n) is 5.87. The van der Waals surface area contributed by atoms with E-state index >= 15 is 0 Å². The van der Waals surface area contributed by atoms with Gasteiger partial charge in [-0.1, -0.05) is 28.1 Å². The Kier molecular flexibility index (Phi) is 4.27. The van der Waals surface area contributed by atoms with Crippen LogP contribution in [0.4, 0.5) is 0 Å². The van der Waals surface area contributed by atoms with Crippen LogP contribution in [0.2, 0.25) is 0 Å². The van der Waals surface area contributed by atoms with Gasteiger partial charge in [0.15, 0.2) is 0 Å². The molecule has 98 valence electrons. The number of nitrogens with zero attached hydrogens (tertiary/aromatic N) is 2. The number of carboxylic acid groups (broad SMARTS) is 1. The summed E-state index contributed by atoms with van der Waals surface area (Å²) >= 11 is 3.43. The van der Waals surface area contributed by atoms with E-state index in [1.54, 1.807) is 0 Å². The second-order valence-corrected chi connectivity index (χ2v) is 5.13. The van der Waals surface area contributed by atoms with Gasteiger partial charge in [0, 0.05) is 22.2 Å². The van der Waals surface area contributed by atoms with E-state index in [-0.39, 0.29) is 6.42 Å². The van der Waals surface area contributed by atoms with Crippen LogP contribution in [0.25, 0.3) is 11.3 Å². The predicted octanol–water partition coefficient (Wildman–Crippen LogP) is 3.23. The molecule has 0 spiro atoms. The molecule has 1 N–H and O–H groups in total. The molecule has 0 unspecified atom stereocenters. The van der Waals surface area contributed by atoms with Crippen LogP contribution in [0, 0.1) is 6.92 Å². The Morgan fingerprint density at radius 2 is 2.11 bits per heavy atom. The lowest BCUT2D eigenvalue weighted by molar-refractivity contribution is -0.137. The number of carboxylic acids is 1. The highest BCUT2D eigenvalue weighted by Gasteiger charge is 2.07. The highest BCUT2D eigenvalue weighted by Crippen LogP contribution is 2.22. The van der Waals surface area contributed by atoms with Crippen molar-refractivity contribution in [2.24, 2.45) is 0 Å². The van der Waals surface area contributed by atoms with Gasteiger partial charge >= 0.3 is 5.97 Å². The molecule has 0 aliphatic rings. The Labute approximate surface area is 119 Å². The Morgan fingerprint density at radius 1 is 1.32 bits per heavy atom. The topological polar surface area (TPSA) is 63.1 Å². The van der Waals surface area contributed by atoms with E-state index in [4.69, 9.17) is 5.11 Å². The number of aromatic nitrogens is 2. The van der Waals surface area contributed by atoms with Gasteiger partial charge in [-0.05, 0) is 25.1 Å². The summed E-state index contributed by atoms with van der Waals surface area (Å²) in [5.74, 6) is -0.272. The fraction of sp³-hybridized carbons (Fsp3) is 0.214. The fourth-order valence-corrected chi connectivity index (χ4v) is 2.16. The standard InChI is InChI=1S/C14H13BrN2O2/c1-9-7-12(10-3-2-4-11(15)8-10)17-13(16-9)5-6-14(18)19/h2-4,7-8H,5-6H2,1H3,(H,18,19). The van der Waals surface area contributed by atoms with Crippen molar-refractivity contribution in [3.05, 3.63) is 46.3 Å². The van der Waals surface area contributed by atoms with E-state index in [1.807, 2.05) is 37.3 Å². The summed E-state index contributed by atoms with van der Waals surface area (Å²) in [5, 5.41) is 8.71. The van der Waals surface area contributed by atoms with E-state index in [0.29, 0.717) is 12.2 Å². The quantitative estimate of drug-likeness (QED) is 0.939. The van der Waals surface area contributed by atoms with Gasteiger partial charge in [0.25, 0.3) is 0 Å². The molecule has 4 nitrogen and oxygen atoms in total. The third kappa shape index (κ3) is 3.86. The summed E-state index contributed by atoms with van der Waals surface area (Å²) in [6.07, 6.45) is 0.388. The molecule has 0 bridgehead atoms. The average Bonchev–Trinajstić information content (AvgIpc) is 2.36. The highest BCUT2D eigenvalue weighted by atomic mass is 79.9. The molecule has 0 saturated heterocycles. The number of rotatable bonds is 4. The minimum absolute atomic E-state index is 0.0430. The van der Waals surface area contributed by atoms with Crippen LogP contribution in [0.3, 0.4) is 0 Å². The molecule has 5 heteroatoms. The maximum Gasteiger partial charge on any atom is 0.303 e. The number of hydrogen-bond donors (Lipinski definition) is 1. The van der Waals surface area contributed by atoms with Gasteiger partial charge in [0.2, 0.25) is 0 Å². The molecule has 0 aliphatic heterocycles. The van der Waals surface area contributed by atoms with Crippen LogP contribution in [-0.2, 0) is 11.2 Å². The number of carbonyl (C=O) groups is 1. The monoisotopic (exact) mass is 320 g/mol. The number of aryl methyl sites for hydroxylation is 2. The Morgan fingerprint density at radius 3 is 2.79 bits per heavy atom. The lowest BCUT2D eigenvalue weighted by Crippen LogP contribution is -2.03. The van der Waals surface area contributed by atoms with Crippen molar-refractivity contribution in [3.8, 4) is 11.3 Å². The SMILES string of the molecule is Cc1cc(-c2cccc(Br)c2)nc(CCC(=O)O)n1. The Bertz CT molecular complexity index is 614. The van der Waals surface area contributed by atoms with Crippen LogP contribution >= 0.6 is 15.9 Å². The van der Waals surface area contributed by atoms with Gasteiger partial charge < -0.3 is 5.11 Å². The first-order chi connectivity index (χ1) is 9.04. The highest BCUT2D eigenvalue weighted by molar-refractivity contribution is 9.10. The summed E-state index contributed by atoms with van der Waals surface area (Å²) in [6.45, 7) is 1.88. The van der Waals surface area contributed by atoms with Crippen molar-refractivity contribution in [3.63, 3.8) is 0 Å². The van der Waals surface area contributed by atoms with Crippen LogP contribution in [0.5, 0.6) is 0 Å². The van der Waals surface area contributed by atoms with E-state index in [2.05, 4.69) is 25.9 Å². The maximum atomic E-state index is 10.6. The number of aliphatic carboxylic acids is 1. The lowest BCUT2D eigenvalue weighted by atomic mass is 10.1. The molecular weight excluding hydrogens is 308 g/mol. The summed E-state index contributed by atoms with van der Waals surface area (Å²) in [6, 6.07) is 9.72. The molecule has 2 rings (SSSR count). The molecule has 0 aliphatic carbocycles. The third-order valence-corrected chi connectivity index (χ3v) is 3.08. The van der Waals surface area contributed by atoms with Crippen LogP contribution in [0.1, 0.15) is 17.9 Å². The third-order valence-electron chi connectivity index (χ3n) is 2.58. The summed E-state index contributed by atoms with van der Waals surface area (Å²) < 4.78 is 0.980. The van der Waals surface area contributed by atoms with Crippen molar-refractivity contribution in [1.82, 2.24) is 9.97 Å². The second-order valence-electron chi connectivity index (χ2n) is 4.21. The smallest absolute Gasteiger partial charge is 0.303 e. The molecule has 0 radical (unpaired) electrons. The first kappa shape index (κ1) is 13.7. The van der Waals surface area contributed by atoms with Crippen molar-refractivity contribution in [2.75, 3.05) is 0 Å². The van der Waals surface area contributed by atoms with E-state index in [9.17, 15) is 4.79 Å². The predicted molar refractivity (Wildman–Crippen MR) is 75.9 cm³/mol. The largest absolute Gasteiger partial charge is 0.481 e. The number of benzene rings is 1. The van der Waals surface area contributed by atoms with Gasteiger partial charge in [0.1, 0.15) is 5.82 Å². The van der Waals surface area contributed by atoms with Crippen molar-refractivity contribution >= 4 is 21.9 Å². The molecule has 1 heterocycles. The van der Waals surface area contributed by atoms with E-state index in [0.717, 1.165) is 21.4 Å². The first-order valence-corrected chi connectivity index (χ1v) is 6.66. The zero-order valence-electron chi connectivity index (χ0n) is 10.4. The average molecular weight is 321 g/mol. The minimum Gasteiger partial charge on any atom is -0.481 e. The Hall–Kier alpha value is -1.75. The molecule has 1 aromatic heterocycles. The number of halogens is 1. The Balaban J connectivity index is 2.33. The zero-order valence-corrected chi connectivity index (χ0v) is 12.0. The molecular formula is C14H13BrN2O2. The molecule has 0 fully saturated rings. The van der Waals surface area contributed by atoms with Crippen molar-refractivity contribution in [2.45, 2.75) is 19.8 Å². The van der Waals surface area contributed by atoms with Crippen LogP contribution in [0.15, 0.2) is 34.8 Å². The van der Waals surface area contributed by atoms with Gasteiger partial charge in [-0.25, -0.2) is 9.97 Å². The number of hydrogen-bond acceptors (Lipinski definition) is 3. The summed E-state index contributed by atoms with van der Waals surface area (Å²) in [5.41, 5.74) is 2.64.